The molecule has 3 aromatic rings. The molecule has 142 valence electrons. The van der Waals surface area contributed by atoms with Crippen LogP contribution in [0.25, 0.3) is 10.9 Å². The zero-order valence-corrected chi connectivity index (χ0v) is 16.5. The van der Waals surface area contributed by atoms with Gasteiger partial charge in [-0.1, -0.05) is 30.3 Å². The summed E-state index contributed by atoms with van der Waals surface area (Å²) in [6.07, 6.45) is 0. The Morgan fingerprint density at radius 3 is 2.41 bits per heavy atom. The molecule has 1 heterocycles. The standard InChI is InChI=1S/C20H23N3O3S/c1-15-12-17-6-4-5-7-19(17)23(15)14-20(24)21-13-16-8-10-18(11-9-16)27(25,26)22(2)3/h4-12H,13-14H2,1-3H3,(H,21,24). The van der Waals surface area contributed by atoms with Crippen LogP contribution in [0.1, 0.15) is 11.3 Å². The van der Waals surface area contributed by atoms with E-state index in [0.717, 1.165) is 22.2 Å². The number of fused-ring (bicyclic) bond motifs is 1. The highest BCUT2D eigenvalue weighted by molar-refractivity contribution is 7.89. The average molecular weight is 385 g/mol. The molecular weight excluding hydrogens is 362 g/mol. The van der Waals surface area contributed by atoms with Crippen LogP contribution in [0.5, 0.6) is 0 Å². The molecule has 6 nitrogen and oxygen atoms in total. The molecule has 0 radical (unpaired) electrons. The van der Waals surface area contributed by atoms with Crippen LogP contribution in [0.15, 0.2) is 59.5 Å². The van der Waals surface area contributed by atoms with E-state index in [4.69, 9.17) is 0 Å². The van der Waals surface area contributed by atoms with Gasteiger partial charge in [0.15, 0.2) is 0 Å². The number of aromatic nitrogens is 1. The van der Waals surface area contributed by atoms with Gasteiger partial charge in [-0.05, 0) is 42.1 Å². The van der Waals surface area contributed by atoms with Gasteiger partial charge in [0.2, 0.25) is 15.9 Å². The van der Waals surface area contributed by atoms with E-state index in [-0.39, 0.29) is 17.3 Å². The van der Waals surface area contributed by atoms with Crippen molar-refractivity contribution in [2.24, 2.45) is 0 Å². The Bertz CT molecular complexity index is 1070. The maximum Gasteiger partial charge on any atom is 0.242 e. The Balaban J connectivity index is 1.65. The predicted molar refractivity (Wildman–Crippen MR) is 106 cm³/mol. The molecule has 1 aromatic heterocycles. The number of carbonyl (C=O) groups excluding carboxylic acids is 1. The van der Waals surface area contributed by atoms with E-state index >= 15 is 0 Å². The number of para-hydroxylation sites is 1. The summed E-state index contributed by atoms with van der Waals surface area (Å²) in [6.45, 7) is 2.57. The first-order valence-electron chi connectivity index (χ1n) is 8.62. The smallest absolute Gasteiger partial charge is 0.242 e. The fourth-order valence-electron chi connectivity index (χ4n) is 2.95. The summed E-state index contributed by atoms with van der Waals surface area (Å²) in [5.41, 5.74) is 2.91. The van der Waals surface area contributed by atoms with Gasteiger partial charge in [0, 0.05) is 31.9 Å². The monoisotopic (exact) mass is 385 g/mol. The summed E-state index contributed by atoms with van der Waals surface area (Å²) in [7, 11) is -0.449. The van der Waals surface area contributed by atoms with E-state index in [1.165, 1.54) is 18.4 Å². The van der Waals surface area contributed by atoms with Crippen LogP contribution in [-0.2, 0) is 27.9 Å². The molecule has 3 rings (SSSR count). The number of benzene rings is 2. The van der Waals surface area contributed by atoms with Crippen molar-refractivity contribution in [2.75, 3.05) is 14.1 Å². The third-order valence-corrected chi connectivity index (χ3v) is 6.34. The Morgan fingerprint density at radius 2 is 1.74 bits per heavy atom. The molecule has 0 saturated heterocycles. The van der Waals surface area contributed by atoms with E-state index in [0.29, 0.717) is 6.54 Å². The molecule has 0 aliphatic heterocycles. The average Bonchev–Trinajstić information content (AvgIpc) is 2.95. The largest absolute Gasteiger partial charge is 0.350 e. The third-order valence-electron chi connectivity index (χ3n) is 4.51. The molecule has 1 N–H and O–H groups in total. The molecule has 1 amide bonds. The lowest BCUT2D eigenvalue weighted by molar-refractivity contribution is -0.121. The molecule has 0 saturated carbocycles. The number of hydrogen-bond donors (Lipinski definition) is 1. The van der Waals surface area contributed by atoms with E-state index in [1.54, 1.807) is 24.3 Å². The van der Waals surface area contributed by atoms with Gasteiger partial charge in [-0.2, -0.15) is 0 Å². The highest BCUT2D eigenvalue weighted by atomic mass is 32.2. The Kier molecular flexibility index (Phi) is 5.34. The molecule has 0 atom stereocenters. The highest BCUT2D eigenvalue weighted by Crippen LogP contribution is 2.19. The molecular formula is C20H23N3O3S. The first-order valence-corrected chi connectivity index (χ1v) is 10.1. The molecule has 0 aliphatic rings. The molecule has 7 heteroatoms. The predicted octanol–water partition coefficient (Wildman–Crippen LogP) is 2.52. The second-order valence-corrected chi connectivity index (χ2v) is 8.79. The van der Waals surface area contributed by atoms with Crippen molar-refractivity contribution < 1.29 is 13.2 Å². The van der Waals surface area contributed by atoms with Crippen molar-refractivity contribution in [1.29, 1.82) is 0 Å². The fourth-order valence-corrected chi connectivity index (χ4v) is 3.85. The summed E-state index contributed by atoms with van der Waals surface area (Å²) in [5, 5.41) is 4.00. The van der Waals surface area contributed by atoms with Gasteiger partial charge in [0.05, 0.1) is 4.90 Å². The normalized spacial score (nSPS) is 11.9. The van der Waals surface area contributed by atoms with Crippen LogP contribution in [0.2, 0.25) is 0 Å². The molecule has 0 aliphatic carbocycles. The van der Waals surface area contributed by atoms with Gasteiger partial charge in [-0.25, -0.2) is 12.7 Å². The summed E-state index contributed by atoms with van der Waals surface area (Å²) in [4.78, 5) is 12.6. The lowest BCUT2D eigenvalue weighted by atomic mass is 10.2. The van der Waals surface area contributed by atoms with Gasteiger partial charge in [-0.15, -0.1) is 0 Å². The Morgan fingerprint density at radius 1 is 1.07 bits per heavy atom. The van der Waals surface area contributed by atoms with E-state index in [2.05, 4.69) is 11.4 Å². The number of amides is 1. The minimum absolute atomic E-state index is 0.0931. The van der Waals surface area contributed by atoms with Crippen LogP contribution in [0, 0.1) is 6.92 Å². The number of rotatable bonds is 6. The van der Waals surface area contributed by atoms with Crippen LogP contribution in [0.4, 0.5) is 0 Å². The first-order chi connectivity index (χ1) is 12.8. The lowest BCUT2D eigenvalue weighted by Crippen LogP contribution is -2.27. The molecule has 27 heavy (non-hydrogen) atoms. The zero-order chi connectivity index (χ0) is 19.6. The molecule has 0 fully saturated rings. The number of carbonyl (C=O) groups is 1. The van der Waals surface area contributed by atoms with E-state index in [1.807, 2.05) is 35.8 Å². The number of nitrogens with zero attached hydrogens (tertiary/aromatic N) is 2. The quantitative estimate of drug-likeness (QED) is 0.709. The summed E-state index contributed by atoms with van der Waals surface area (Å²) >= 11 is 0. The Hall–Kier alpha value is -2.64. The van der Waals surface area contributed by atoms with Crippen LogP contribution >= 0.6 is 0 Å². The maximum absolute atomic E-state index is 12.4. The van der Waals surface area contributed by atoms with Crippen LogP contribution < -0.4 is 5.32 Å². The van der Waals surface area contributed by atoms with Gasteiger partial charge in [-0.3, -0.25) is 4.79 Å². The SMILES string of the molecule is Cc1cc2ccccc2n1CC(=O)NCc1ccc(S(=O)(=O)N(C)C)cc1. The Labute approximate surface area is 159 Å². The summed E-state index contributed by atoms with van der Waals surface area (Å²) in [6, 6.07) is 16.6. The molecule has 0 spiro atoms. The minimum atomic E-state index is -3.44. The van der Waals surface area contributed by atoms with Crippen molar-refractivity contribution in [1.82, 2.24) is 14.2 Å². The summed E-state index contributed by atoms with van der Waals surface area (Å²) in [5.74, 6) is -0.0931. The number of sulfonamides is 1. The second-order valence-electron chi connectivity index (χ2n) is 6.64. The third kappa shape index (κ3) is 4.04. The van der Waals surface area contributed by atoms with Gasteiger partial charge >= 0.3 is 0 Å². The van der Waals surface area contributed by atoms with Crippen molar-refractivity contribution in [3.63, 3.8) is 0 Å². The van der Waals surface area contributed by atoms with E-state index in [9.17, 15) is 13.2 Å². The fraction of sp³-hybridized carbons (Fsp3) is 0.250. The molecule has 0 unspecified atom stereocenters. The zero-order valence-electron chi connectivity index (χ0n) is 15.6. The minimum Gasteiger partial charge on any atom is -0.350 e. The maximum atomic E-state index is 12.4. The van der Waals surface area contributed by atoms with Crippen molar-refractivity contribution in [3.8, 4) is 0 Å². The molecule has 2 aromatic carbocycles. The van der Waals surface area contributed by atoms with Crippen molar-refractivity contribution in [2.45, 2.75) is 24.9 Å². The lowest BCUT2D eigenvalue weighted by Gasteiger charge is -2.12. The second kappa shape index (κ2) is 7.54. The van der Waals surface area contributed by atoms with Gasteiger partial charge < -0.3 is 9.88 Å². The van der Waals surface area contributed by atoms with Gasteiger partial charge in [0.25, 0.3) is 0 Å². The highest BCUT2D eigenvalue weighted by Gasteiger charge is 2.16. The van der Waals surface area contributed by atoms with Gasteiger partial charge in [0.1, 0.15) is 6.54 Å². The number of hydrogen-bond acceptors (Lipinski definition) is 3. The number of nitrogens with one attached hydrogen (secondary N) is 1. The first kappa shape index (κ1) is 19.1. The van der Waals surface area contributed by atoms with Crippen molar-refractivity contribution >= 4 is 26.8 Å². The summed E-state index contributed by atoms with van der Waals surface area (Å²) < 4.78 is 27.3. The van der Waals surface area contributed by atoms with E-state index < -0.39 is 10.0 Å². The van der Waals surface area contributed by atoms with Crippen LogP contribution in [-0.4, -0.2) is 37.3 Å². The van der Waals surface area contributed by atoms with Crippen molar-refractivity contribution in [3.05, 3.63) is 65.9 Å². The molecule has 0 bridgehead atoms. The number of aryl methyl sites for hydroxylation is 1. The topological polar surface area (TPSA) is 71.4 Å². The van der Waals surface area contributed by atoms with Crippen LogP contribution in [0.3, 0.4) is 0 Å².